The van der Waals surface area contributed by atoms with E-state index in [1.54, 1.807) is 60.7 Å². The normalized spacial score (nSPS) is 11.3. The van der Waals surface area contributed by atoms with Crippen LogP contribution < -0.4 is 10.6 Å². The minimum Gasteiger partial charge on any atom is -0.321 e. The lowest BCUT2D eigenvalue weighted by molar-refractivity contribution is -0.384. The third kappa shape index (κ3) is 7.14. The van der Waals surface area contributed by atoms with Crippen molar-refractivity contribution in [2.75, 3.05) is 5.32 Å². The van der Waals surface area contributed by atoms with Crippen molar-refractivity contribution in [3.8, 4) is 0 Å². The molecular formula is C35H25N3O5. The van der Waals surface area contributed by atoms with Gasteiger partial charge in [-0.3, -0.25) is 24.5 Å². The molecular weight excluding hydrogens is 542 g/mol. The summed E-state index contributed by atoms with van der Waals surface area (Å²) in [6, 6.07) is 34.2. The van der Waals surface area contributed by atoms with Crippen LogP contribution >= 0.6 is 0 Å². The van der Waals surface area contributed by atoms with Crippen molar-refractivity contribution in [3.05, 3.63) is 165 Å². The van der Waals surface area contributed by atoms with Gasteiger partial charge >= 0.3 is 0 Å². The summed E-state index contributed by atoms with van der Waals surface area (Å²) in [5, 5.41) is 18.5. The number of carbonyl (C=O) groups excluding carboxylic acids is 3. The van der Waals surface area contributed by atoms with Gasteiger partial charge in [-0.25, -0.2) is 0 Å². The van der Waals surface area contributed by atoms with E-state index < -0.39 is 16.7 Å². The van der Waals surface area contributed by atoms with E-state index in [2.05, 4.69) is 10.6 Å². The summed E-state index contributed by atoms with van der Waals surface area (Å²) in [5.74, 6) is -1.31. The molecule has 5 aromatic carbocycles. The molecule has 0 heterocycles. The number of fused-ring (bicyclic) bond motifs is 1. The van der Waals surface area contributed by atoms with Gasteiger partial charge < -0.3 is 10.6 Å². The fourth-order valence-electron chi connectivity index (χ4n) is 4.38. The van der Waals surface area contributed by atoms with Gasteiger partial charge in [-0.15, -0.1) is 0 Å². The van der Waals surface area contributed by atoms with E-state index in [1.165, 1.54) is 36.4 Å². The highest BCUT2D eigenvalue weighted by Gasteiger charge is 2.16. The molecule has 0 bridgehead atoms. The molecule has 5 rings (SSSR count). The Labute approximate surface area is 247 Å². The maximum Gasteiger partial charge on any atom is 0.272 e. The molecule has 0 saturated heterocycles. The van der Waals surface area contributed by atoms with Crippen LogP contribution in [0.3, 0.4) is 0 Å². The number of hydrogen-bond donors (Lipinski definition) is 2. The number of nitrogens with one attached hydrogen (secondary N) is 2. The topological polar surface area (TPSA) is 118 Å². The monoisotopic (exact) mass is 567 g/mol. The van der Waals surface area contributed by atoms with E-state index in [0.29, 0.717) is 22.4 Å². The van der Waals surface area contributed by atoms with E-state index in [1.807, 2.05) is 42.5 Å². The van der Waals surface area contributed by atoms with Crippen molar-refractivity contribution in [1.29, 1.82) is 0 Å². The number of carbonyl (C=O) groups is 3. The molecule has 0 aliphatic carbocycles. The largest absolute Gasteiger partial charge is 0.321 e. The Morgan fingerprint density at radius 1 is 0.698 bits per heavy atom. The third-order valence-electron chi connectivity index (χ3n) is 6.61. The SMILES string of the molecule is O=C(Nc1ccc(C(=O)/C=C/c2cccc3ccccc23)cc1)/C(=C/c1ccc([N+](=O)[O-])cc1)NC(=O)c1ccccc1. The Bertz CT molecular complexity index is 1870. The van der Waals surface area contributed by atoms with Crippen LogP contribution in [0.4, 0.5) is 11.4 Å². The standard InChI is InChI=1S/C35H25N3O5/c39-33(22-17-26-11-6-10-25-7-4-5-12-31(25)26)27-15-18-29(19-16-27)36-35(41)32(37-34(40)28-8-2-1-3-9-28)23-24-13-20-30(21-14-24)38(42)43/h1-23H,(H,36,41)(H,37,40)/b22-17+,32-23-. The number of hydrogen-bond acceptors (Lipinski definition) is 5. The minimum atomic E-state index is -0.613. The minimum absolute atomic E-state index is 0.0686. The first-order valence-corrected chi connectivity index (χ1v) is 13.3. The van der Waals surface area contributed by atoms with E-state index >= 15 is 0 Å². The van der Waals surface area contributed by atoms with Crippen LogP contribution in [0, 0.1) is 10.1 Å². The summed E-state index contributed by atoms with van der Waals surface area (Å²) in [6.45, 7) is 0. The van der Waals surface area contributed by atoms with Gasteiger partial charge in [0.25, 0.3) is 17.5 Å². The van der Waals surface area contributed by atoms with Gasteiger partial charge in [0.15, 0.2) is 5.78 Å². The quantitative estimate of drug-likeness (QED) is 0.0856. The molecule has 0 radical (unpaired) electrons. The second-order valence-electron chi connectivity index (χ2n) is 9.52. The number of nitro benzene ring substituents is 1. The molecule has 0 atom stereocenters. The fourth-order valence-corrected chi connectivity index (χ4v) is 4.38. The van der Waals surface area contributed by atoms with Crippen LogP contribution in [-0.2, 0) is 4.79 Å². The number of amides is 2. The fraction of sp³-hybridized carbons (Fsp3) is 0. The van der Waals surface area contributed by atoms with Gasteiger partial charge in [0.1, 0.15) is 5.70 Å². The zero-order chi connectivity index (χ0) is 30.2. The molecule has 2 amide bonds. The Hall–Kier alpha value is -6.15. The van der Waals surface area contributed by atoms with Crippen molar-refractivity contribution in [3.63, 3.8) is 0 Å². The van der Waals surface area contributed by atoms with Gasteiger partial charge in [0.05, 0.1) is 4.92 Å². The second kappa shape index (κ2) is 13.0. The number of allylic oxidation sites excluding steroid dienone is 1. The number of rotatable bonds is 9. The van der Waals surface area contributed by atoms with Crippen LogP contribution in [0.25, 0.3) is 22.9 Å². The maximum atomic E-state index is 13.3. The van der Waals surface area contributed by atoms with Crippen molar-refractivity contribution >= 4 is 51.9 Å². The molecule has 8 heteroatoms. The average Bonchev–Trinajstić information content (AvgIpc) is 3.04. The van der Waals surface area contributed by atoms with Crippen LogP contribution in [0.15, 0.2) is 133 Å². The molecule has 0 unspecified atom stereocenters. The van der Waals surface area contributed by atoms with Gasteiger partial charge in [-0.2, -0.15) is 0 Å². The number of nitrogens with zero attached hydrogens (tertiary/aromatic N) is 1. The first kappa shape index (κ1) is 28.4. The lowest BCUT2D eigenvalue weighted by Gasteiger charge is -2.12. The van der Waals surface area contributed by atoms with Gasteiger partial charge in [-0.05, 0) is 82.6 Å². The molecule has 0 saturated carbocycles. The van der Waals surface area contributed by atoms with Gasteiger partial charge in [0, 0.05) is 28.9 Å². The molecule has 2 N–H and O–H groups in total. The Morgan fingerprint density at radius 3 is 2.09 bits per heavy atom. The number of benzene rings is 5. The van der Waals surface area contributed by atoms with E-state index in [9.17, 15) is 24.5 Å². The zero-order valence-corrected chi connectivity index (χ0v) is 22.8. The molecule has 0 aliphatic rings. The zero-order valence-electron chi connectivity index (χ0n) is 22.8. The lowest BCUT2D eigenvalue weighted by atomic mass is 10.0. The molecule has 0 aromatic heterocycles. The van der Waals surface area contributed by atoms with Crippen LogP contribution in [0.1, 0.15) is 31.8 Å². The lowest BCUT2D eigenvalue weighted by Crippen LogP contribution is -2.30. The van der Waals surface area contributed by atoms with Crippen molar-refractivity contribution in [2.24, 2.45) is 0 Å². The average molecular weight is 568 g/mol. The van der Waals surface area contributed by atoms with Crippen LogP contribution in [0.2, 0.25) is 0 Å². The third-order valence-corrected chi connectivity index (χ3v) is 6.61. The first-order valence-electron chi connectivity index (χ1n) is 13.3. The van der Waals surface area contributed by atoms with Crippen molar-refractivity contribution in [1.82, 2.24) is 5.32 Å². The molecule has 0 aliphatic heterocycles. The highest BCUT2D eigenvalue weighted by molar-refractivity contribution is 6.11. The number of ketones is 1. The van der Waals surface area contributed by atoms with Crippen molar-refractivity contribution < 1.29 is 19.3 Å². The highest BCUT2D eigenvalue weighted by atomic mass is 16.6. The summed E-state index contributed by atoms with van der Waals surface area (Å²) in [4.78, 5) is 49.4. The maximum absolute atomic E-state index is 13.3. The van der Waals surface area contributed by atoms with Crippen LogP contribution in [-0.4, -0.2) is 22.5 Å². The summed E-state index contributed by atoms with van der Waals surface area (Å²) >= 11 is 0. The number of non-ortho nitro benzene ring substituents is 1. The first-order chi connectivity index (χ1) is 20.9. The predicted octanol–water partition coefficient (Wildman–Crippen LogP) is 7.05. The molecule has 0 fully saturated rings. The molecule has 43 heavy (non-hydrogen) atoms. The van der Waals surface area contributed by atoms with Crippen LogP contribution in [0.5, 0.6) is 0 Å². The van der Waals surface area contributed by atoms with Gasteiger partial charge in [-0.1, -0.05) is 66.7 Å². The van der Waals surface area contributed by atoms with E-state index in [-0.39, 0.29) is 17.2 Å². The molecule has 8 nitrogen and oxygen atoms in total. The summed E-state index contributed by atoms with van der Waals surface area (Å²) in [7, 11) is 0. The summed E-state index contributed by atoms with van der Waals surface area (Å²) in [6.07, 6.45) is 4.72. The Morgan fingerprint density at radius 2 is 1.37 bits per heavy atom. The Balaban J connectivity index is 1.32. The summed E-state index contributed by atoms with van der Waals surface area (Å²) in [5.41, 5.74) is 2.43. The molecule has 210 valence electrons. The number of anilines is 1. The second-order valence-corrected chi connectivity index (χ2v) is 9.52. The highest BCUT2D eigenvalue weighted by Crippen LogP contribution is 2.21. The molecule has 5 aromatic rings. The Kier molecular flexibility index (Phi) is 8.59. The van der Waals surface area contributed by atoms with E-state index in [0.717, 1.165) is 16.3 Å². The van der Waals surface area contributed by atoms with E-state index in [4.69, 9.17) is 0 Å². The van der Waals surface area contributed by atoms with Crippen molar-refractivity contribution in [2.45, 2.75) is 0 Å². The predicted molar refractivity (Wildman–Crippen MR) is 167 cm³/mol. The molecule has 0 spiro atoms. The summed E-state index contributed by atoms with van der Waals surface area (Å²) < 4.78 is 0. The van der Waals surface area contributed by atoms with Gasteiger partial charge in [0.2, 0.25) is 0 Å². The smallest absolute Gasteiger partial charge is 0.272 e. The number of nitro groups is 1.